The molecule has 0 aliphatic rings. The SMILES string of the molecule is C=C/C(=C\C(C=O)=C/C)C(=O)C(C)(C)C. The molecule has 0 radical (unpaired) electrons. The fourth-order valence-corrected chi connectivity index (χ4v) is 1.02. The number of rotatable bonds is 4. The van der Waals surface area contributed by atoms with Crippen molar-refractivity contribution in [1.29, 1.82) is 0 Å². The second-order valence-corrected chi connectivity index (χ2v) is 4.29. The molecular formula is C13H18O2. The Morgan fingerprint density at radius 3 is 2.07 bits per heavy atom. The highest BCUT2D eigenvalue weighted by molar-refractivity contribution is 6.02. The van der Waals surface area contributed by atoms with Crippen LogP contribution in [-0.2, 0) is 9.59 Å². The summed E-state index contributed by atoms with van der Waals surface area (Å²) in [5.74, 6) is -0.0151. The Kier molecular flexibility index (Phi) is 4.92. The minimum Gasteiger partial charge on any atom is -0.298 e. The van der Waals surface area contributed by atoms with Crippen LogP contribution in [-0.4, -0.2) is 12.1 Å². The molecule has 0 saturated carbocycles. The number of aldehydes is 1. The highest BCUT2D eigenvalue weighted by atomic mass is 16.1. The van der Waals surface area contributed by atoms with Gasteiger partial charge >= 0.3 is 0 Å². The van der Waals surface area contributed by atoms with Gasteiger partial charge in [-0.2, -0.15) is 0 Å². The molecule has 0 amide bonds. The van der Waals surface area contributed by atoms with Crippen LogP contribution in [0.15, 0.2) is 36.0 Å². The zero-order valence-electron chi connectivity index (χ0n) is 9.83. The summed E-state index contributed by atoms with van der Waals surface area (Å²) < 4.78 is 0. The van der Waals surface area contributed by atoms with Crippen LogP contribution in [0.4, 0.5) is 0 Å². The minimum atomic E-state index is -0.457. The predicted molar refractivity (Wildman–Crippen MR) is 62.6 cm³/mol. The molecule has 2 nitrogen and oxygen atoms in total. The zero-order chi connectivity index (χ0) is 12.1. The van der Waals surface area contributed by atoms with E-state index in [1.807, 2.05) is 20.8 Å². The number of carbonyl (C=O) groups excluding carboxylic acids is 2. The van der Waals surface area contributed by atoms with E-state index in [1.165, 1.54) is 6.08 Å². The summed E-state index contributed by atoms with van der Waals surface area (Å²) in [6.07, 6.45) is 5.43. The molecule has 0 aromatic heterocycles. The van der Waals surface area contributed by atoms with E-state index in [9.17, 15) is 9.59 Å². The Bertz CT molecular complexity index is 325. The van der Waals surface area contributed by atoms with Crippen LogP contribution in [0.3, 0.4) is 0 Å². The normalized spacial score (nSPS) is 13.6. The van der Waals surface area contributed by atoms with Gasteiger partial charge in [0.2, 0.25) is 0 Å². The van der Waals surface area contributed by atoms with Crippen LogP contribution >= 0.6 is 0 Å². The van der Waals surface area contributed by atoms with Crippen molar-refractivity contribution in [2.45, 2.75) is 27.7 Å². The molecular weight excluding hydrogens is 188 g/mol. The molecule has 0 atom stereocenters. The Hall–Kier alpha value is -1.44. The monoisotopic (exact) mass is 206 g/mol. The number of hydrogen-bond acceptors (Lipinski definition) is 2. The van der Waals surface area contributed by atoms with Crippen LogP contribution in [0.2, 0.25) is 0 Å². The molecule has 0 fully saturated rings. The molecule has 15 heavy (non-hydrogen) atoms. The smallest absolute Gasteiger partial charge is 0.168 e. The molecule has 0 saturated heterocycles. The summed E-state index contributed by atoms with van der Waals surface area (Å²) in [5, 5.41) is 0. The third-order valence-corrected chi connectivity index (χ3v) is 1.95. The van der Waals surface area contributed by atoms with Gasteiger partial charge in [0.25, 0.3) is 0 Å². The Labute approximate surface area is 91.4 Å². The Morgan fingerprint density at radius 1 is 1.27 bits per heavy atom. The van der Waals surface area contributed by atoms with E-state index in [-0.39, 0.29) is 5.78 Å². The summed E-state index contributed by atoms with van der Waals surface area (Å²) in [6.45, 7) is 10.8. The highest BCUT2D eigenvalue weighted by Crippen LogP contribution is 2.21. The number of carbonyl (C=O) groups is 2. The molecule has 0 aliphatic heterocycles. The van der Waals surface area contributed by atoms with Crippen molar-refractivity contribution in [2.75, 3.05) is 0 Å². The largest absolute Gasteiger partial charge is 0.298 e. The second kappa shape index (κ2) is 5.44. The van der Waals surface area contributed by atoms with E-state index in [1.54, 1.807) is 19.1 Å². The summed E-state index contributed by atoms with van der Waals surface area (Å²) in [6, 6.07) is 0. The number of hydrogen-bond donors (Lipinski definition) is 0. The van der Waals surface area contributed by atoms with Crippen molar-refractivity contribution in [1.82, 2.24) is 0 Å². The van der Waals surface area contributed by atoms with E-state index in [4.69, 9.17) is 0 Å². The molecule has 0 rings (SSSR count). The predicted octanol–water partition coefficient (Wildman–Crippen LogP) is 2.86. The van der Waals surface area contributed by atoms with E-state index in [2.05, 4.69) is 6.58 Å². The maximum absolute atomic E-state index is 11.9. The van der Waals surface area contributed by atoms with Gasteiger partial charge in [0.15, 0.2) is 5.78 Å². The zero-order valence-corrected chi connectivity index (χ0v) is 9.83. The third kappa shape index (κ3) is 4.07. The maximum atomic E-state index is 11.9. The van der Waals surface area contributed by atoms with Gasteiger partial charge < -0.3 is 0 Å². The average molecular weight is 206 g/mol. The van der Waals surface area contributed by atoms with Gasteiger partial charge in [-0.1, -0.05) is 39.5 Å². The average Bonchev–Trinajstić information content (AvgIpc) is 2.18. The van der Waals surface area contributed by atoms with Crippen molar-refractivity contribution in [2.24, 2.45) is 5.41 Å². The molecule has 0 aliphatic carbocycles. The van der Waals surface area contributed by atoms with Crippen LogP contribution in [0.5, 0.6) is 0 Å². The molecule has 0 bridgehead atoms. The fourth-order valence-electron chi connectivity index (χ4n) is 1.02. The number of Topliss-reactive ketones (excluding diaryl/α,β-unsaturated/α-hetero) is 1. The first kappa shape index (κ1) is 13.6. The number of allylic oxidation sites excluding steroid dienone is 5. The standard InChI is InChI=1S/C13H18O2/c1-6-10(9-14)8-11(7-2)12(15)13(3,4)5/h6-9H,2H2,1,3-5H3/b10-6+,11-8+. The lowest BCUT2D eigenvalue weighted by atomic mass is 9.85. The van der Waals surface area contributed by atoms with E-state index < -0.39 is 5.41 Å². The van der Waals surface area contributed by atoms with Gasteiger partial charge in [-0.05, 0) is 13.0 Å². The fraction of sp³-hybridized carbons (Fsp3) is 0.385. The van der Waals surface area contributed by atoms with Crippen LogP contribution in [0.25, 0.3) is 0 Å². The maximum Gasteiger partial charge on any atom is 0.168 e. The lowest BCUT2D eigenvalue weighted by Crippen LogP contribution is -2.21. The minimum absolute atomic E-state index is 0.0151. The van der Waals surface area contributed by atoms with Gasteiger partial charge in [-0.3, -0.25) is 9.59 Å². The summed E-state index contributed by atoms with van der Waals surface area (Å²) in [4.78, 5) is 22.5. The quantitative estimate of drug-likeness (QED) is 0.402. The summed E-state index contributed by atoms with van der Waals surface area (Å²) >= 11 is 0. The highest BCUT2D eigenvalue weighted by Gasteiger charge is 2.23. The van der Waals surface area contributed by atoms with Crippen LogP contribution in [0.1, 0.15) is 27.7 Å². The van der Waals surface area contributed by atoms with E-state index >= 15 is 0 Å². The molecule has 0 N–H and O–H groups in total. The van der Waals surface area contributed by atoms with Gasteiger partial charge in [-0.15, -0.1) is 0 Å². The van der Waals surface area contributed by atoms with Crippen LogP contribution < -0.4 is 0 Å². The van der Waals surface area contributed by atoms with Crippen molar-refractivity contribution in [3.8, 4) is 0 Å². The summed E-state index contributed by atoms with van der Waals surface area (Å²) in [5.41, 5.74) is 0.507. The molecule has 82 valence electrons. The van der Waals surface area contributed by atoms with Crippen molar-refractivity contribution < 1.29 is 9.59 Å². The lowest BCUT2D eigenvalue weighted by Gasteiger charge is -2.17. The van der Waals surface area contributed by atoms with Gasteiger partial charge in [-0.25, -0.2) is 0 Å². The molecule has 0 unspecified atom stereocenters. The molecule has 2 heteroatoms. The van der Waals surface area contributed by atoms with Gasteiger partial charge in [0.1, 0.15) is 6.29 Å². The summed E-state index contributed by atoms with van der Waals surface area (Å²) in [7, 11) is 0. The Morgan fingerprint density at radius 2 is 1.80 bits per heavy atom. The third-order valence-electron chi connectivity index (χ3n) is 1.95. The van der Waals surface area contributed by atoms with Crippen molar-refractivity contribution >= 4 is 12.1 Å². The van der Waals surface area contributed by atoms with Crippen molar-refractivity contribution in [3.63, 3.8) is 0 Å². The first-order chi connectivity index (χ1) is 6.86. The molecule has 0 heterocycles. The number of ketones is 1. The Balaban J connectivity index is 5.18. The molecule has 0 spiro atoms. The van der Waals surface area contributed by atoms with Crippen LogP contribution in [0, 0.1) is 5.41 Å². The molecule has 0 aromatic carbocycles. The topological polar surface area (TPSA) is 34.1 Å². The second-order valence-electron chi connectivity index (χ2n) is 4.29. The molecule has 0 aromatic rings. The van der Waals surface area contributed by atoms with E-state index in [0.29, 0.717) is 11.1 Å². The van der Waals surface area contributed by atoms with E-state index in [0.717, 1.165) is 6.29 Å². The van der Waals surface area contributed by atoms with Crippen molar-refractivity contribution in [3.05, 3.63) is 36.0 Å². The van der Waals surface area contributed by atoms with Gasteiger partial charge in [0.05, 0.1) is 0 Å². The first-order valence-corrected chi connectivity index (χ1v) is 4.87. The van der Waals surface area contributed by atoms with Gasteiger partial charge in [0, 0.05) is 16.6 Å². The lowest BCUT2D eigenvalue weighted by molar-refractivity contribution is -0.122. The first-order valence-electron chi connectivity index (χ1n) is 4.87.